The number of nitrogens with zero attached hydrogens (tertiary/aromatic N) is 2. The van der Waals surface area contributed by atoms with Crippen molar-refractivity contribution < 1.29 is 19.0 Å². The van der Waals surface area contributed by atoms with Gasteiger partial charge in [-0.25, -0.2) is 9.78 Å². The van der Waals surface area contributed by atoms with E-state index in [0.717, 1.165) is 46.1 Å². The van der Waals surface area contributed by atoms with Crippen molar-refractivity contribution in [3.63, 3.8) is 0 Å². The molecule has 2 heterocycles. The number of carbonyl (C=O) groups is 1. The maximum absolute atomic E-state index is 12.6. The molecule has 6 rings (SSSR count). The molecule has 3 aromatic carbocycles. The normalized spacial score (nSPS) is 13.7. The molecule has 0 bridgehead atoms. The molecule has 43 heavy (non-hydrogen) atoms. The van der Waals surface area contributed by atoms with Crippen LogP contribution in [0.1, 0.15) is 65.1 Å². The zero-order chi connectivity index (χ0) is 29.4. The van der Waals surface area contributed by atoms with Crippen LogP contribution >= 0.6 is 0 Å². The topological polar surface area (TPSA) is 62.6 Å². The van der Waals surface area contributed by atoms with E-state index in [9.17, 15) is 4.79 Å². The number of esters is 1. The van der Waals surface area contributed by atoms with Crippen LogP contribution in [0, 0.1) is 0 Å². The van der Waals surface area contributed by atoms with Crippen molar-refractivity contribution in [1.82, 2.24) is 9.55 Å². The minimum atomic E-state index is -0.344. The molecule has 0 N–H and O–H groups in total. The average Bonchev–Trinajstić information content (AvgIpc) is 3.40. The van der Waals surface area contributed by atoms with E-state index in [1.165, 1.54) is 31.9 Å². The first-order valence-electron chi connectivity index (χ1n) is 15.2. The lowest BCUT2D eigenvalue weighted by molar-refractivity contribution is 0.0601. The van der Waals surface area contributed by atoms with Crippen LogP contribution in [0.4, 0.5) is 0 Å². The average molecular weight is 575 g/mol. The maximum atomic E-state index is 12.6. The highest BCUT2D eigenvalue weighted by atomic mass is 16.5. The molecule has 6 heteroatoms. The lowest BCUT2D eigenvalue weighted by atomic mass is 9.82. The molecule has 0 atom stereocenters. The number of rotatable bonds is 11. The van der Waals surface area contributed by atoms with Crippen molar-refractivity contribution in [2.24, 2.45) is 0 Å². The summed E-state index contributed by atoms with van der Waals surface area (Å²) < 4.78 is 20.0. The second kappa shape index (κ2) is 13.7. The number of aromatic nitrogens is 2. The Hall–Kier alpha value is -4.42. The molecule has 0 radical (unpaired) electrons. The molecule has 1 fully saturated rings. The van der Waals surface area contributed by atoms with Gasteiger partial charge >= 0.3 is 5.97 Å². The lowest BCUT2D eigenvalue weighted by Crippen LogP contribution is -2.11. The van der Waals surface area contributed by atoms with Gasteiger partial charge in [0.05, 0.1) is 37.1 Å². The third-order valence-corrected chi connectivity index (χ3v) is 8.35. The van der Waals surface area contributed by atoms with E-state index in [-0.39, 0.29) is 5.97 Å². The van der Waals surface area contributed by atoms with Crippen molar-refractivity contribution in [2.75, 3.05) is 13.7 Å². The second-order valence-corrected chi connectivity index (χ2v) is 11.1. The molecule has 0 saturated heterocycles. The van der Waals surface area contributed by atoms with Crippen LogP contribution in [-0.4, -0.2) is 29.2 Å². The summed E-state index contributed by atoms with van der Waals surface area (Å²) in [6.45, 7) is 2.09. The third kappa shape index (κ3) is 6.50. The predicted molar refractivity (Wildman–Crippen MR) is 169 cm³/mol. The van der Waals surface area contributed by atoms with Gasteiger partial charge in [-0.05, 0) is 59.7 Å². The van der Waals surface area contributed by atoms with E-state index in [0.29, 0.717) is 43.7 Å². The Bertz CT molecular complexity index is 1660. The monoisotopic (exact) mass is 574 g/mol. The summed E-state index contributed by atoms with van der Waals surface area (Å²) in [7, 11) is 1.42. The van der Waals surface area contributed by atoms with Crippen LogP contribution in [0.3, 0.4) is 0 Å². The minimum absolute atomic E-state index is 0.344. The van der Waals surface area contributed by atoms with Gasteiger partial charge in [-0.3, -0.25) is 0 Å². The lowest BCUT2D eigenvalue weighted by Gasteiger charge is -2.24. The molecule has 220 valence electrons. The number of methoxy groups -OCH3 is 1. The fraction of sp³-hybridized carbons (Fsp3) is 0.297. The Balaban J connectivity index is 1.45. The van der Waals surface area contributed by atoms with Crippen molar-refractivity contribution >= 4 is 16.9 Å². The van der Waals surface area contributed by atoms with Crippen LogP contribution in [0.25, 0.3) is 22.2 Å². The fourth-order valence-electron chi connectivity index (χ4n) is 6.28. The van der Waals surface area contributed by atoms with Gasteiger partial charge in [0.2, 0.25) is 5.88 Å². The molecule has 6 nitrogen and oxygen atoms in total. The Kier molecular flexibility index (Phi) is 9.14. The summed E-state index contributed by atoms with van der Waals surface area (Å²) in [5.41, 5.74) is 7.13. The molecular weight excluding hydrogens is 536 g/mol. The highest BCUT2D eigenvalue weighted by molar-refractivity contribution is 5.99. The van der Waals surface area contributed by atoms with E-state index < -0.39 is 0 Å². The highest BCUT2D eigenvalue weighted by Gasteiger charge is 2.29. The van der Waals surface area contributed by atoms with Gasteiger partial charge in [-0.15, -0.1) is 0 Å². The standard InChI is InChI=1S/C37H38N2O4/c1-41-37(40)30-19-20-31-33(24-30)39(22-23-42-25-27-12-5-2-6-13-27)35(34(31)29-16-9-4-10-17-29)32-18-11-21-38-36(32)43-26-28-14-7-3-8-15-28/h2-3,5-8,11-15,18-21,24,29H,4,9-10,16-17,22-23,25-26H2,1H3. The number of benzene rings is 3. The first-order valence-corrected chi connectivity index (χ1v) is 15.2. The van der Waals surface area contributed by atoms with E-state index in [4.69, 9.17) is 19.2 Å². The molecule has 0 spiro atoms. The zero-order valence-corrected chi connectivity index (χ0v) is 24.7. The molecule has 5 aromatic rings. The van der Waals surface area contributed by atoms with Gasteiger partial charge in [0.15, 0.2) is 0 Å². The summed E-state index contributed by atoms with van der Waals surface area (Å²) in [5.74, 6) is 0.666. The van der Waals surface area contributed by atoms with Gasteiger partial charge in [-0.2, -0.15) is 0 Å². The smallest absolute Gasteiger partial charge is 0.337 e. The Morgan fingerprint density at radius 2 is 1.58 bits per heavy atom. The summed E-state index contributed by atoms with van der Waals surface area (Å²) >= 11 is 0. The van der Waals surface area contributed by atoms with Crippen molar-refractivity contribution in [1.29, 1.82) is 0 Å². The van der Waals surface area contributed by atoms with Gasteiger partial charge in [0, 0.05) is 23.6 Å². The molecule has 0 amide bonds. The van der Waals surface area contributed by atoms with Crippen LogP contribution in [0.15, 0.2) is 97.2 Å². The minimum Gasteiger partial charge on any atom is -0.472 e. The van der Waals surface area contributed by atoms with E-state index >= 15 is 0 Å². The van der Waals surface area contributed by atoms with Crippen LogP contribution in [0.2, 0.25) is 0 Å². The van der Waals surface area contributed by atoms with Crippen molar-refractivity contribution in [3.05, 3.63) is 119 Å². The van der Waals surface area contributed by atoms with Crippen molar-refractivity contribution in [2.45, 2.75) is 57.8 Å². The first-order chi connectivity index (χ1) is 21.2. The molecule has 1 aliphatic rings. The molecule has 2 aromatic heterocycles. The first kappa shape index (κ1) is 28.7. The number of carbonyl (C=O) groups excluding carboxylic acids is 1. The van der Waals surface area contributed by atoms with Gasteiger partial charge in [0.1, 0.15) is 6.61 Å². The number of ether oxygens (including phenoxy) is 3. The van der Waals surface area contributed by atoms with Gasteiger partial charge < -0.3 is 18.8 Å². The maximum Gasteiger partial charge on any atom is 0.337 e. The third-order valence-electron chi connectivity index (χ3n) is 8.35. The van der Waals surface area contributed by atoms with Crippen molar-refractivity contribution in [3.8, 4) is 17.1 Å². The van der Waals surface area contributed by atoms with Gasteiger partial charge in [0.25, 0.3) is 0 Å². The number of hydrogen-bond acceptors (Lipinski definition) is 5. The summed E-state index contributed by atoms with van der Waals surface area (Å²) in [5, 5.41) is 1.16. The van der Waals surface area contributed by atoms with E-state index in [1.54, 1.807) is 6.20 Å². The van der Waals surface area contributed by atoms with Crippen LogP contribution < -0.4 is 4.74 Å². The number of pyridine rings is 1. The SMILES string of the molecule is COC(=O)c1ccc2c(C3CCCCC3)c(-c3cccnc3OCc3ccccc3)n(CCOCc3ccccc3)c2c1. The van der Waals surface area contributed by atoms with Crippen LogP contribution in [0.5, 0.6) is 5.88 Å². The summed E-state index contributed by atoms with van der Waals surface area (Å²) in [6.07, 6.45) is 7.74. The molecule has 1 saturated carbocycles. The Morgan fingerprint density at radius 1 is 0.860 bits per heavy atom. The predicted octanol–water partition coefficient (Wildman–Crippen LogP) is 8.33. The molecule has 1 aliphatic carbocycles. The second-order valence-electron chi connectivity index (χ2n) is 11.1. The largest absolute Gasteiger partial charge is 0.472 e. The Morgan fingerprint density at radius 3 is 2.30 bits per heavy atom. The number of hydrogen-bond donors (Lipinski definition) is 0. The fourth-order valence-corrected chi connectivity index (χ4v) is 6.28. The highest BCUT2D eigenvalue weighted by Crippen LogP contribution is 2.46. The molecule has 0 unspecified atom stereocenters. The van der Waals surface area contributed by atoms with E-state index in [2.05, 4.69) is 41.0 Å². The quantitative estimate of drug-likeness (QED) is 0.117. The van der Waals surface area contributed by atoms with Gasteiger partial charge in [-0.1, -0.05) is 86.0 Å². The van der Waals surface area contributed by atoms with Crippen LogP contribution in [-0.2, 0) is 29.2 Å². The zero-order valence-electron chi connectivity index (χ0n) is 24.7. The summed E-state index contributed by atoms with van der Waals surface area (Å²) in [6, 6.07) is 30.4. The Labute approximate surface area is 253 Å². The van der Waals surface area contributed by atoms with E-state index in [1.807, 2.05) is 54.6 Å². The molecule has 0 aliphatic heterocycles. The number of fused-ring (bicyclic) bond motifs is 1. The molecular formula is C37H38N2O4. The summed E-state index contributed by atoms with van der Waals surface area (Å²) in [4.78, 5) is 17.4.